The first-order valence-electron chi connectivity index (χ1n) is 7.87. The second-order valence-electron chi connectivity index (χ2n) is 5.46. The molecule has 1 aromatic heterocycles. The number of tetrazole rings is 1. The molecular formula is C17H15N5O4. The number of amides is 1. The number of fused-ring (bicyclic) bond motifs is 1. The van der Waals surface area contributed by atoms with Crippen molar-refractivity contribution in [1.82, 2.24) is 20.2 Å². The van der Waals surface area contributed by atoms with E-state index in [9.17, 15) is 4.79 Å². The fourth-order valence-electron chi connectivity index (χ4n) is 2.58. The van der Waals surface area contributed by atoms with Gasteiger partial charge in [-0.1, -0.05) is 0 Å². The Labute approximate surface area is 148 Å². The van der Waals surface area contributed by atoms with Crippen LogP contribution in [-0.4, -0.2) is 46.4 Å². The van der Waals surface area contributed by atoms with Crippen molar-refractivity contribution in [3.63, 3.8) is 0 Å². The Hall–Kier alpha value is -3.62. The van der Waals surface area contributed by atoms with Crippen LogP contribution >= 0.6 is 0 Å². The highest BCUT2D eigenvalue weighted by Gasteiger charge is 2.21. The summed E-state index contributed by atoms with van der Waals surface area (Å²) in [4.78, 5) is 12.6. The topological polar surface area (TPSA) is 100 Å². The second kappa shape index (κ2) is 6.71. The van der Waals surface area contributed by atoms with E-state index in [0.717, 1.165) is 5.69 Å². The highest BCUT2D eigenvalue weighted by Crippen LogP contribution is 2.40. The summed E-state index contributed by atoms with van der Waals surface area (Å²) in [5.41, 5.74) is 1.84. The molecule has 0 atom stereocenters. The first-order chi connectivity index (χ1) is 12.7. The fourth-order valence-corrected chi connectivity index (χ4v) is 2.58. The zero-order valence-electron chi connectivity index (χ0n) is 13.9. The predicted octanol–water partition coefficient (Wildman–Crippen LogP) is 1.69. The van der Waals surface area contributed by atoms with Crippen LogP contribution in [0.1, 0.15) is 10.4 Å². The van der Waals surface area contributed by atoms with E-state index in [1.54, 1.807) is 36.4 Å². The summed E-state index contributed by atoms with van der Waals surface area (Å²) in [7, 11) is 1.52. The molecule has 0 fully saturated rings. The molecule has 0 spiro atoms. The number of nitrogens with zero attached hydrogens (tertiary/aromatic N) is 4. The second-order valence-corrected chi connectivity index (χ2v) is 5.46. The molecular weight excluding hydrogens is 338 g/mol. The van der Waals surface area contributed by atoms with Gasteiger partial charge in [-0.15, -0.1) is 5.10 Å². The zero-order chi connectivity index (χ0) is 17.9. The average Bonchev–Trinajstić information content (AvgIpc) is 3.22. The maximum Gasteiger partial charge on any atom is 0.255 e. The summed E-state index contributed by atoms with van der Waals surface area (Å²) >= 11 is 0. The van der Waals surface area contributed by atoms with E-state index >= 15 is 0 Å². The van der Waals surface area contributed by atoms with E-state index in [2.05, 4.69) is 20.8 Å². The fraction of sp³-hybridized carbons (Fsp3) is 0.176. The van der Waals surface area contributed by atoms with Crippen LogP contribution in [0, 0.1) is 0 Å². The van der Waals surface area contributed by atoms with Crippen LogP contribution < -0.4 is 19.5 Å². The van der Waals surface area contributed by atoms with Gasteiger partial charge >= 0.3 is 0 Å². The molecule has 2 heterocycles. The molecule has 26 heavy (non-hydrogen) atoms. The van der Waals surface area contributed by atoms with Crippen molar-refractivity contribution in [2.75, 3.05) is 25.6 Å². The van der Waals surface area contributed by atoms with Crippen molar-refractivity contribution in [1.29, 1.82) is 0 Å². The van der Waals surface area contributed by atoms with E-state index in [4.69, 9.17) is 14.2 Å². The lowest BCUT2D eigenvalue weighted by Gasteiger charge is -2.21. The Bertz CT molecular complexity index is 908. The van der Waals surface area contributed by atoms with E-state index in [1.807, 2.05) is 0 Å². The number of hydrogen-bond acceptors (Lipinski definition) is 7. The number of benzene rings is 2. The molecule has 9 nitrogen and oxygen atoms in total. The summed E-state index contributed by atoms with van der Waals surface area (Å²) in [5.74, 6) is 1.19. The van der Waals surface area contributed by atoms with Crippen LogP contribution in [0.3, 0.4) is 0 Å². The van der Waals surface area contributed by atoms with Gasteiger partial charge in [0, 0.05) is 11.3 Å². The minimum Gasteiger partial charge on any atom is -0.493 e. The molecule has 132 valence electrons. The quantitative estimate of drug-likeness (QED) is 0.762. The molecule has 1 N–H and O–H groups in total. The number of carbonyl (C=O) groups is 1. The molecule has 0 unspecified atom stereocenters. The predicted molar refractivity (Wildman–Crippen MR) is 91.1 cm³/mol. The van der Waals surface area contributed by atoms with Gasteiger partial charge in [0.1, 0.15) is 19.5 Å². The summed E-state index contributed by atoms with van der Waals surface area (Å²) < 4.78 is 17.9. The summed E-state index contributed by atoms with van der Waals surface area (Å²) in [6, 6.07) is 10.4. The Kier molecular flexibility index (Phi) is 4.10. The highest BCUT2D eigenvalue weighted by atomic mass is 16.6. The largest absolute Gasteiger partial charge is 0.493 e. The molecule has 2 aromatic carbocycles. The van der Waals surface area contributed by atoms with Gasteiger partial charge in [0.05, 0.1) is 12.8 Å². The third kappa shape index (κ3) is 3.02. The lowest BCUT2D eigenvalue weighted by atomic mass is 10.1. The van der Waals surface area contributed by atoms with Gasteiger partial charge in [0.25, 0.3) is 5.91 Å². The number of nitrogens with one attached hydrogen (secondary N) is 1. The number of rotatable bonds is 4. The molecule has 4 rings (SSSR count). The van der Waals surface area contributed by atoms with Crippen LogP contribution in [0.2, 0.25) is 0 Å². The highest BCUT2D eigenvalue weighted by molar-refractivity contribution is 6.05. The Balaban J connectivity index is 1.55. The number of aromatic nitrogens is 4. The van der Waals surface area contributed by atoms with Crippen molar-refractivity contribution in [2.24, 2.45) is 0 Å². The molecule has 1 aliphatic rings. The first kappa shape index (κ1) is 15.9. The number of methoxy groups -OCH3 is 1. The van der Waals surface area contributed by atoms with E-state index in [1.165, 1.54) is 18.1 Å². The van der Waals surface area contributed by atoms with Crippen molar-refractivity contribution in [2.45, 2.75) is 0 Å². The number of hydrogen-bond donors (Lipinski definition) is 1. The maximum atomic E-state index is 12.6. The Morgan fingerprint density at radius 2 is 2.00 bits per heavy atom. The van der Waals surface area contributed by atoms with Crippen LogP contribution in [0.5, 0.6) is 17.2 Å². The smallest absolute Gasteiger partial charge is 0.255 e. The number of carbonyl (C=O) groups excluding carboxylic acids is 1. The molecule has 3 aromatic rings. The van der Waals surface area contributed by atoms with E-state index < -0.39 is 0 Å². The lowest BCUT2D eigenvalue weighted by molar-refractivity contribution is 0.102. The third-order valence-corrected chi connectivity index (χ3v) is 3.83. The number of anilines is 1. The van der Waals surface area contributed by atoms with Gasteiger partial charge in [-0.3, -0.25) is 4.79 Å². The van der Waals surface area contributed by atoms with Gasteiger partial charge in [0.2, 0.25) is 5.75 Å². The molecule has 0 radical (unpaired) electrons. The van der Waals surface area contributed by atoms with Gasteiger partial charge in [-0.05, 0) is 46.8 Å². The van der Waals surface area contributed by atoms with Crippen LogP contribution in [0.25, 0.3) is 5.69 Å². The minimum atomic E-state index is -0.282. The van der Waals surface area contributed by atoms with Crippen molar-refractivity contribution < 1.29 is 19.0 Å². The standard InChI is InChI=1S/C17H15N5O4/c1-24-14-8-11(9-15-16(14)26-7-6-25-15)17(23)19-12-2-4-13(5-3-12)22-10-18-20-21-22/h2-5,8-10H,6-7H2,1H3,(H,19,23). The third-order valence-electron chi connectivity index (χ3n) is 3.83. The zero-order valence-corrected chi connectivity index (χ0v) is 13.9. The van der Waals surface area contributed by atoms with Crippen LogP contribution in [-0.2, 0) is 0 Å². The molecule has 1 aliphatic heterocycles. The first-order valence-corrected chi connectivity index (χ1v) is 7.87. The van der Waals surface area contributed by atoms with Gasteiger partial charge in [0.15, 0.2) is 11.5 Å². The molecule has 0 saturated carbocycles. The molecule has 1 amide bonds. The minimum absolute atomic E-state index is 0.282. The normalized spacial score (nSPS) is 12.5. The molecule has 0 saturated heterocycles. The Morgan fingerprint density at radius 3 is 2.73 bits per heavy atom. The van der Waals surface area contributed by atoms with Crippen LogP contribution in [0.4, 0.5) is 5.69 Å². The lowest BCUT2D eigenvalue weighted by Crippen LogP contribution is -2.18. The Morgan fingerprint density at radius 1 is 1.19 bits per heavy atom. The summed E-state index contributed by atoms with van der Waals surface area (Å²) in [5, 5.41) is 13.8. The van der Waals surface area contributed by atoms with Crippen molar-refractivity contribution >= 4 is 11.6 Å². The van der Waals surface area contributed by atoms with Crippen LogP contribution in [0.15, 0.2) is 42.7 Å². The molecule has 0 aliphatic carbocycles. The number of ether oxygens (including phenoxy) is 3. The van der Waals surface area contributed by atoms with Crippen molar-refractivity contribution in [3.05, 3.63) is 48.3 Å². The van der Waals surface area contributed by atoms with E-state index in [0.29, 0.717) is 41.7 Å². The van der Waals surface area contributed by atoms with Gasteiger partial charge < -0.3 is 19.5 Å². The van der Waals surface area contributed by atoms with Gasteiger partial charge in [-0.25, -0.2) is 4.68 Å². The summed E-state index contributed by atoms with van der Waals surface area (Å²) in [6.07, 6.45) is 1.50. The summed E-state index contributed by atoms with van der Waals surface area (Å²) in [6.45, 7) is 0.877. The van der Waals surface area contributed by atoms with Gasteiger partial charge in [-0.2, -0.15) is 0 Å². The average molecular weight is 353 g/mol. The SMILES string of the molecule is COc1cc(C(=O)Nc2ccc(-n3cnnn3)cc2)cc2c1OCCO2. The van der Waals surface area contributed by atoms with E-state index in [-0.39, 0.29) is 5.91 Å². The molecule has 9 heteroatoms. The van der Waals surface area contributed by atoms with Crippen molar-refractivity contribution in [3.8, 4) is 22.9 Å². The maximum absolute atomic E-state index is 12.6. The molecule has 0 bridgehead atoms. The monoisotopic (exact) mass is 353 g/mol.